The highest BCUT2D eigenvalue weighted by Crippen LogP contribution is 2.26. The first-order valence-electron chi connectivity index (χ1n) is 9.42. The molecule has 7 nitrogen and oxygen atoms in total. The number of hydrogen-bond donors (Lipinski definition) is 3. The van der Waals surface area contributed by atoms with Gasteiger partial charge in [0.1, 0.15) is 5.54 Å². The van der Waals surface area contributed by atoms with Crippen LogP contribution in [0.15, 0.2) is 23.1 Å². The van der Waals surface area contributed by atoms with E-state index in [9.17, 15) is 18.0 Å². The number of hydrogen-bond acceptors (Lipinski definition) is 4. The summed E-state index contributed by atoms with van der Waals surface area (Å²) in [5, 5.41) is 5.61. The molecule has 148 valence electrons. The Labute approximate surface area is 160 Å². The van der Waals surface area contributed by atoms with E-state index < -0.39 is 15.6 Å². The number of carbonyl (C=O) groups excluding carboxylic acids is 2. The number of nitrogens with one attached hydrogen (secondary N) is 3. The molecule has 2 aliphatic rings. The maximum atomic E-state index is 12.8. The van der Waals surface area contributed by atoms with Crippen LogP contribution in [0.4, 0.5) is 5.69 Å². The molecule has 2 amide bonds. The number of benzene rings is 1. The number of fused-ring (bicyclic) bond motifs is 1. The summed E-state index contributed by atoms with van der Waals surface area (Å²) < 4.78 is 28.1. The summed E-state index contributed by atoms with van der Waals surface area (Å²) in [4.78, 5) is 24.0. The molecule has 1 fully saturated rings. The van der Waals surface area contributed by atoms with E-state index in [1.165, 1.54) is 18.9 Å². The second-order valence-electron chi connectivity index (χ2n) is 7.96. The number of sulfonamides is 1. The second kappa shape index (κ2) is 7.59. The minimum Gasteiger partial charge on any atom is -0.354 e. The fourth-order valence-corrected chi connectivity index (χ4v) is 5.07. The van der Waals surface area contributed by atoms with Gasteiger partial charge >= 0.3 is 0 Å². The molecule has 27 heavy (non-hydrogen) atoms. The Hall–Kier alpha value is -1.93. The molecule has 1 heterocycles. The van der Waals surface area contributed by atoms with Gasteiger partial charge in [-0.2, -0.15) is 4.72 Å². The van der Waals surface area contributed by atoms with Crippen LogP contribution >= 0.6 is 0 Å². The topological polar surface area (TPSA) is 104 Å². The van der Waals surface area contributed by atoms with E-state index in [2.05, 4.69) is 15.4 Å². The van der Waals surface area contributed by atoms with Gasteiger partial charge in [-0.25, -0.2) is 8.42 Å². The third-order valence-electron chi connectivity index (χ3n) is 5.27. The van der Waals surface area contributed by atoms with Gasteiger partial charge in [-0.3, -0.25) is 9.59 Å². The Bertz CT molecular complexity index is 843. The summed E-state index contributed by atoms with van der Waals surface area (Å²) in [5.41, 5.74) is 0.154. The van der Waals surface area contributed by atoms with Crippen LogP contribution in [-0.2, 0) is 26.0 Å². The quantitative estimate of drug-likeness (QED) is 0.687. The minimum atomic E-state index is -3.87. The molecular weight excluding hydrogens is 366 g/mol. The normalized spacial score (nSPS) is 18.1. The fraction of sp³-hybridized carbons (Fsp3) is 0.579. The Morgan fingerprint density at radius 2 is 1.93 bits per heavy atom. The number of anilines is 1. The lowest BCUT2D eigenvalue weighted by atomic mass is 10.0. The first-order valence-corrected chi connectivity index (χ1v) is 10.9. The average Bonchev–Trinajstić information content (AvgIpc) is 3.11. The van der Waals surface area contributed by atoms with Crippen LogP contribution in [-0.4, -0.2) is 32.3 Å². The largest absolute Gasteiger partial charge is 0.354 e. The molecule has 0 radical (unpaired) electrons. The highest BCUT2D eigenvalue weighted by atomic mass is 32.2. The summed E-state index contributed by atoms with van der Waals surface area (Å²) in [5.74, 6) is 0.0803. The van der Waals surface area contributed by atoms with Gasteiger partial charge in [0.2, 0.25) is 21.8 Å². The molecule has 0 unspecified atom stereocenters. The van der Waals surface area contributed by atoms with Crippen molar-refractivity contribution in [1.29, 1.82) is 0 Å². The maximum Gasteiger partial charge on any atom is 0.241 e. The monoisotopic (exact) mass is 393 g/mol. The molecule has 1 aliphatic carbocycles. The highest BCUT2D eigenvalue weighted by Gasteiger charge is 2.34. The first kappa shape index (κ1) is 19.8. The average molecular weight is 394 g/mol. The van der Waals surface area contributed by atoms with E-state index in [-0.39, 0.29) is 16.7 Å². The molecule has 1 aromatic carbocycles. The van der Waals surface area contributed by atoms with Crippen LogP contribution in [0, 0.1) is 5.92 Å². The molecule has 1 saturated carbocycles. The molecule has 0 atom stereocenters. The van der Waals surface area contributed by atoms with E-state index in [1.807, 2.05) is 0 Å². The van der Waals surface area contributed by atoms with Gasteiger partial charge < -0.3 is 10.6 Å². The number of amides is 2. The maximum absolute atomic E-state index is 12.8. The van der Waals surface area contributed by atoms with Crippen molar-refractivity contribution in [3.8, 4) is 0 Å². The SMILES string of the molecule is CC(C)(NS(=O)(=O)c1ccc2c(c1)CCC(=O)N2)C(=O)NCC1CCCC1. The lowest BCUT2D eigenvalue weighted by Crippen LogP contribution is -2.55. The van der Waals surface area contributed by atoms with Crippen molar-refractivity contribution in [3.05, 3.63) is 23.8 Å². The Morgan fingerprint density at radius 3 is 2.63 bits per heavy atom. The van der Waals surface area contributed by atoms with E-state index >= 15 is 0 Å². The van der Waals surface area contributed by atoms with Crippen LogP contribution in [0.2, 0.25) is 0 Å². The molecule has 8 heteroatoms. The van der Waals surface area contributed by atoms with Crippen LogP contribution in [0.3, 0.4) is 0 Å². The summed E-state index contributed by atoms with van der Waals surface area (Å²) in [7, 11) is -3.87. The van der Waals surface area contributed by atoms with Crippen molar-refractivity contribution in [3.63, 3.8) is 0 Å². The third-order valence-corrected chi connectivity index (χ3v) is 6.92. The minimum absolute atomic E-state index is 0.0729. The van der Waals surface area contributed by atoms with Crippen molar-refractivity contribution in [2.75, 3.05) is 11.9 Å². The van der Waals surface area contributed by atoms with Gasteiger partial charge in [-0.1, -0.05) is 12.8 Å². The Morgan fingerprint density at radius 1 is 1.22 bits per heavy atom. The number of aryl methyl sites for hydroxylation is 1. The summed E-state index contributed by atoms with van der Waals surface area (Å²) in [6.45, 7) is 3.71. The Balaban J connectivity index is 1.68. The van der Waals surface area contributed by atoms with Gasteiger partial charge in [0.25, 0.3) is 0 Å². The van der Waals surface area contributed by atoms with Gasteiger partial charge in [0.15, 0.2) is 0 Å². The van der Waals surface area contributed by atoms with Gasteiger partial charge in [-0.05, 0) is 62.8 Å². The van der Waals surface area contributed by atoms with E-state index in [0.29, 0.717) is 31.0 Å². The van der Waals surface area contributed by atoms with E-state index in [1.54, 1.807) is 26.0 Å². The van der Waals surface area contributed by atoms with Crippen LogP contribution in [0.1, 0.15) is 51.5 Å². The summed E-state index contributed by atoms with van der Waals surface area (Å²) >= 11 is 0. The third kappa shape index (κ3) is 4.68. The highest BCUT2D eigenvalue weighted by molar-refractivity contribution is 7.89. The smallest absolute Gasteiger partial charge is 0.241 e. The zero-order valence-electron chi connectivity index (χ0n) is 15.8. The standard InChI is InChI=1S/C19H27N3O4S/c1-19(2,18(24)20-12-13-5-3-4-6-13)22-27(25,26)15-8-9-16-14(11-15)7-10-17(23)21-16/h8-9,11,13,22H,3-7,10,12H2,1-2H3,(H,20,24)(H,21,23). The van der Waals surface area contributed by atoms with Gasteiger partial charge in [-0.15, -0.1) is 0 Å². The zero-order valence-corrected chi connectivity index (χ0v) is 16.6. The van der Waals surface area contributed by atoms with E-state index in [0.717, 1.165) is 18.4 Å². The van der Waals surface area contributed by atoms with Crippen LogP contribution < -0.4 is 15.4 Å². The molecule has 3 N–H and O–H groups in total. The van der Waals surface area contributed by atoms with Crippen molar-refractivity contribution < 1.29 is 18.0 Å². The molecule has 0 aromatic heterocycles. The molecule has 0 spiro atoms. The van der Waals surface area contributed by atoms with Gasteiger partial charge in [0, 0.05) is 18.7 Å². The zero-order chi connectivity index (χ0) is 19.7. The van der Waals surface area contributed by atoms with E-state index in [4.69, 9.17) is 0 Å². The van der Waals surface area contributed by atoms with Crippen molar-refractivity contribution in [1.82, 2.24) is 10.0 Å². The molecule has 0 bridgehead atoms. The fourth-order valence-electron chi connectivity index (χ4n) is 3.64. The molecule has 3 rings (SSSR count). The lowest BCUT2D eigenvalue weighted by molar-refractivity contribution is -0.126. The van der Waals surface area contributed by atoms with Crippen LogP contribution in [0.25, 0.3) is 0 Å². The molecule has 1 aromatic rings. The summed E-state index contributed by atoms with van der Waals surface area (Å²) in [6.07, 6.45) is 5.43. The van der Waals surface area contributed by atoms with Gasteiger partial charge in [0.05, 0.1) is 4.90 Å². The second-order valence-corrected chi connectivity index (χ2v) is 9.64. The van der Waals surface area contributed by atoms with Crippen LogP contribution in [0.5, 0.6) is 0 Å². The predicted octanol–water partition coefficient (Wildman–Crippen LogP) is 1.93. The molecule has 1 aliphatic heterocycles. The Kier molecular flexibility index (Phi) is 5.58. The van der Waals surface area contributed by atoms with Crippen molar-refractivity contribution in [2.24, 2.45) is 5.92 Å². The lowest BCUT2D eigenvalue weighted by Gasteiger charge is -2.26. The first-order chi connectivity index (χ1) is 12.7. The molecule has 0 saturated heterocycles. The predicted molar refractivity (Wildman–Crippen MR) is 103 cm³/mol. The number of rotatable bonds is 6. The summed E-state index contributed by atoms with van der Waals surface area (Å²) in [6, 6.07) is 4.59. The molecular formula is C19H27N3O4S. The number of carbonyl (C=O) groups is 2. The van der Waals surface area contributed by atoms with Crippen molar-refractivity contribution >= 4 is 27.5 Å². The van der Waals surface area contributed by atoms with Crippen molar-refractivity contribution in [2.45, 2.75) is 62.8 Å².